The number of non-ortho nitro benzene ring substituents is 1. The largest absolute Gasteiger partial charge is 0.273 e. The number of carbonyl (C=O) groups is 1. The summed E-state index contributed by atoms with van der Waals surface area (Å²) in [4.78, 5) is 21.6. The van der Waals surface area contributed by atoms with Crippen LogP contribution in [0.1, 0.15) is 44.6 Å². The molecule has 1 aromatic rings. The van der Waals surface area contributed by atoms with Crippen LogP contribution in [0.15, 0.2) is 29.4 Å². The van der Waals surface area contributed by atoms with Crippen LogP contribution in [0.3, 0.4) is 0 Å². The zero-order valence-electron chi connectivity index (χ0n) is 11.5. The van der Waals surface area contributed by atoms with E-state index in [2.05, 4.69) is 17.5 Å². The fourth-order valence-corrected chi connectivity index (χ4v) is 1.67. The number of nitro groups is 1. The number of hydrogen-bond donors (Lipinski definition) is 1. The molecule has 0 aliphatic rings. The number of carbonyl (C=O) groups excluding carboxylic acids is 1. The molecule has 6 heteroatoms. The van der Waals surface area contributed by atoms with Crippen LogP contribution in [-0.4, -0.2) is 17.0 Å². The summed E-state index contributed by atoms with van der Waals surface area (Å²) < 4.78 is 0. The van der Waals surface area contributed by atoms with Crippen LogP contribution in [0.2, 0.25) is 0 Å². The van der Waals surface area contributed by atoms with E-state index in [0.29, 0.717) is 12.0 Å². The number of nitrogens with zero attached hydrogens (tertiary/aromatic N) is 2. The third-order valence-corrected chi connectivity index (χ3v) is 2.74. The highest BCUT2D eigenvalue weighted by molar-refractivity contribution is 5.83. The molecular formula is C14H19N3O3. The van der Waals surface area contributed by atoms with E-state index in [1.807, 2.05) is 0 Å². The van der Waals surface area contributed by atoms with E-state index in [1.165, 1.54) is 18.3 Å². The van der Waals surface area contributed by atoms with E-state index in [4.69, 9.17) is 0 Å². The van der Waals surface area contributed by atoms with Gasteiger partial charge in [0.05, 0.1) is 11.1 Å². The summed E-state index contributed by atoms with van der Waals surface area (Å²) in [5, 5.41) is 14.4. The van der Waals surface area contributed by atoms with Gasteiger partial charge in [0.1, 0.15) is 0 Å². The normalized spacial score (nSPS) is 10.7. The number of amides is 1. The van der Waals surface area contributed by atoms with Crippen molar-refractivity contribution < 1.29 is 9.72 Å². The molecule has 1 rings (SSSR count). The highest BCUT2D eigenvalue weighted by atomic mass is 16.6. The molecular weight excluding hydrogens is 258 g/mol. The summed E-state index contributed by atoms with van der Waals surface area (Å²) in [6.07, 6.45) is 6.00. The predicted octanol–water partition coefficient (Wildman–Crippen LogP) is 3.02. The Kier molecular flexibility index (Phi) is 6.95. The third-order valence-electron chi connectivity index (χ3n) is 2.74. The van der Waals surface area contributed by atoms with Crippen molar-refractivity contribution in [3.8, 4) is 0 Å². The van der Waals surface area contributed by atoms with Gasteiger partial charge < -0.3 is 0 Å². The zero-order chi connectivity index (χ0) is 14.8. The van der Waals surface area contributed by atoms with Crippen LogP contribution in [0.25, 0.3) is 0 Å². The van der Waals surface area contributed by atoms with E-state index in [9.17, 15) is 14.9 Å². The number of nitrogens with one attached hydrogen (secondary N) is 1. The van der Waals surface area contributed by atoms with Crippen molar-refractivity contribution in [2.24, 2.45) is 5.10 Å². The van der Waals surface area contributed by atoms with Gasteiger partial charge in [0, 0.05) is 24.1 Å². The minimum Gasteiger partial charge on any atom is -0.273 e. The van der Waals surface area contributed by atoms with Crippen LogP contribution in [0.4, 0.5) is 5.69 Å². The molecule has 0 aromatic heterocycles. The number of hydrogen-bond acceptors (Lipinski definition) is 4. The van der Waals surface area contributed by atoms with Crippen LogP contribution >= 0.6 is 0 Å². The van der Waals surface area contributed by atoms with Gasteiger partial charge in [-0.05, 0) is 6.42 Å². The summed E-state index contributed by atoms with van der Waals surface area (Å²) in [7, 11) is 0. The Hall–Kier alpha value is -2.24. The number of rotatable bonds is 8. The summed E-state index contributed by atoms with van der Waals surface area (Å²) in [6, 6.07) is 6.07. The molecule has 0 atom stereocenters. The Morgan fingerprint density at radius 3 is 2.90 bits per heavy atom. The number of unbranched alkanes of at least 4 members (excludes halogenated alkanes) is 3. The highest BCUT2D eigenvalue weighted by Gasteiger charge is 2.04. The third kappa shape index (κ3) is 6.08. The highest BCUT2D eigenvalue weighted by Crippen LogP contribution is 2.11. The first-order chi connectivity index (χ1) is 9.63. The lowest BCUT2D eigenvalue weighted by Gasteiger charge is -1.99. The van der Waals surface area contributed by atoms with Gasteiger partial charge in [-0.25, -0.2) is 5.43 Å². The van der Waals surface area contributed by atoms with Gasteiger partial charge in [0.25, 0.3) is 5.69 Å². The topological polar surface area (TPSA) is 84.6 Å². The van der Waals surface area contributed by atoms with Crippen molar-refractivity contribution in [3.05, 3.63) is 39.9 Å². The van der Waals surface area contributed by atoms with E-state index in [1.54, 1.807) is 12.1 Å². The average molecular weight is 277 g/mol. The second-order valence-electron chi connectivity index (χ2n) is 4.46. The zero-order valence-corrected chi connectivity index (χ0v) is 11.5. The summed E-state index contributed by atoms with van der Waals surface area (Å²) in [5.74, 6) is -0.136. The quantitative estimate of drug-likeness (QED) is 0.343. The molecule has 20 heavy (non-hydrogen) atoms. The van der Waals surface area contributed by atoms with Crippen molar-refractivity contribution >= 4 is 17.8 Å². The molecule has 0 bridgehead atoms. The SMILES string of the molecule is CCCCCCC(=O)N/N=C/c1cccc([N+](=O)[O-])c1. The molecule has 0 heterocycles. The molecule has 0 radical (unpaired) electrons. The Bertz CT molecular complexity index is 486. The van der Waals surface area contributed by atoms with Crippen molar-refractivity contribution in [2.45, 2.75) is 39.0 Å². The van der Waals surface area contributed by atoms with Gasteiger partial charge in [-0.15, -0.1) is 0 Å². The van der Waals surface area contributed by atoms with Crippen LogP contribution in [-0.2, 0) is 4.79 Å². The molecule has 0 fully saturated rings. The smallest absolute Gasteiger partial charge is 0.270 e. The van der Waals surface area contributed by atoms with E-state index < -0.39 is 4.92 Å². The van der Waals surface area contributed by atoms with Crippen LogP contribution in [0, 0.1) is 10.1 Å². The predicted molar refractivity (Wildman–Crippen MR) is 77.6 cm³/mol. The Morgan fingerprint density at radius 2 is 2.20 bits per heavy atom. The molecule has 1 amide bonds. The van der Waals surface area contributed by atoms with Crippen LogP contribution < -0.4 is 5.43 Å². The molecule has 0 saturated carbocycles. The maximum Gasteiger partial charge on any atom is 0.270 e. The number of hydrazone groups is 1. The van der Waals surface area contributed by atoms with Gasteiger partial charge in [-0.2, -0.15) is 5.10 Å². The van der Waals surface area contributed by atoms with Crippen molar-refractivity contribution in [1.82, 2.24) is 5.43 Å². The standard InChI is InChI=1S/C14H19N3O3/c1-2-3-4-5-9-14(18)16-15-11-12-7-6-8-13(10-12)17(19)20/h6-8,10-11H,2-5,9H2,1H3,(H,16,18)/b15-11+. The molecule has 108 valence electrons. The Labute approximate surface area is 118 Å². The molecule has 0 aliphatic carbocycles. The van der Waals surface area contributed by atoms with Gasteiger partial charge >= 0.3 is 0 Å². The molecule has 6 nitrogen and oxygen atoms in total. The lowest BCUT2D eigenvalue weighted by atomic mass is 10.1. The van der Waals surface area contributed by atoms with Crippen LogP contribution in [0.5, 0.6) is 0 Å². The van der Waals surface area contributed by atoms with E-state index >= 15 is 0 Å². The number of benzene rings is 1. The molecule has 1 aromatic carbocycles. The minimum atomic E-state index is -0.469. The molecule has 0 spiro atoms. The van der Waals surface area contributed by atoms with Gasteiger partial charge in [-0.3, -0.25) is 14.9 Å². The second-order valence-corrected chi connectivity index (χ2v) is 4.46. The molecule has 0 saturated heterocycles. The number of nitro benzene ring substituents is 1. The maximum absolute atomic E-state index is 11.4. The molecule has 0 aliphatic heterocycles. The van der Waals surface area contributed by atoms with Gasteiger partial charge in [0.2, 0.25) is 5.91 Å². The van der Waals surface area contributed by atoms with Gasteiger partial charge in [0.15, 0.2) is 0 Å². The lowest BCUT2D eigenvalue weighted by Crippen LogP contribution is -2.16. The van der Waals surface area contributed by atoms with E-state index in [-0.39, 0.29) is 11.6 Å². The fraction of sp³-hybridized carbons (Fsp3) is 0.429. The summed E-state index contributed by atoms with van der Waals surface area (Å²) in [6.45, 7) is 2.11. The van der Waals surface area contributed by atoms with Crippen molar-refractivity contribution in [3.63, 3.8) is 0 Å². The molecule has 1 N–H and O–H groups in total. The maximum atomic E-state index is 11.4. The fourth-order valence-electron chi connectivity index (χ4n) is 1.67. The monoisotopic (exact) mass is 277 g/mol. The van der Waals surface area contributed by atoms with Crippen molar-refractivity contribution in [1.29, 1.82) is 0 Å². The first kappa shape index (κ1) is 15.8. The lowest BCUT2D eigenvalue weighted by molar-refractivity contribution is -0.384. The molecule has 0 unspecified atom stereocenters. The first-order valence-electron chi connectivity index (χ1n) is 6.70. The van der Waals surface area contributed by atoms with Gasteiger partial charge in [-0.1, -0.05) is 38.3 Å². The first-order valence-corrected chi connectivity index (χ1v) is 6.70. The summed E-state index contributed by atoms with van der Waals surface area (Å²) >= 11 is 0. The average Bonchev–Trinajstić information content (AvgIpc) is 2.44. The van der Waals surface area contributed by atoms with Crippen molar-refractivity contribution in [2.75, 3.05) is 0 Å². The Balaban J connectivity index is 2.38. The second kappa shape index (κ2) is 8.79. The van der Waals surface area contributed by atoms with E-state index in [0.717, 1.165) is 25.7 Å². The Morgan fingerprint density at radius 1 is 1.40 bits per heavy atom. The minimum absolute atomic E-state index is 0.000146. The summed E-state index contributed by atoms with van der Waals surface area (Å²) in [5.41, 5.74) is 2.99.